The molecule has 0 saturated carbocycles. The van der Waals surface area contributed by atoms with Gasteiger partial charge in [-0.05, 0) is 5.56 Å². The lowest BCUT2D eigenvalue weighted by Crippen LogP contribution is -2.54. The van der Waals surface area contributed by atoms with Crippen molar-refractivity contribution in [3.8, 4) is 0 Å². The summed E-state index contributed by atoms with van der Waals surface area (Å²) in [4.78, 5) is 11.9. The molecule has 124 valence electrons. The molecule has 1 aromatic rings. The molecule has 1 aromatic carbocycles. The largest absolute Gasteiger partial charge is 0.408 e. The van der Waals surface area contributed by atoms with Crippen molar-refractivity contribution in [1.29, 1.82) is 0 Å². The zero-order valence-electron chi connectivity index (χ0n) is 11.7. The second-order valence-electron chi connectivity index (χ2n) is 4.86. The first-order valence-corrected chi connectivity index (χ1v) is 6.70. The Morgan fingerprint density at radius 3 is 2.59 bits per heavy atom. The van der Waals surface area contributed by atoms with Crippen LogP contribution < -0.4 is 10.6 Å². The lowest BCUT2D eigenvalue weighted by Gasteiger charge is -2.27. The van der Waals surface area contributed by atoms with E-state index in [2.05, 4.69) is 5.32 Å². The molecular formula is C14H18ClF3N2O2. The van der Waals surface area contributed by atoms with Crippen molar-refractivity contribution in [3.05, 3.63) is 35.9 Å². The van der Waals surface area contributed by atoms with Gasteiger partial charge in [-0.3, -0.25) is 4.79 Å². The molecule has 1 fully saturated rings. The van der Waals surface area contributed by atoms with E-state index >= 15 is 0 Å². The normalized spacial score (nSPS) is 19.9. The van der Waals surface area contributed by atoms with Gasteiger partial charge in [0.05, 0.1) is 6.61 Å². The fourth-order valence-corrected chi connectivity index (χ4v) is 2.10. The maximum atomic E-state index is 13.1. The molecule has 1 aliphatic heterocycles. The summed E-state index contributed by atoms with van der Waals surface area (Å²) in [5.74, 6) is -0.736. The van der Waals surface area contributed by atoms with Crippen LogP contribution in [0.2, 0.25) is 0 Å². The van der Waals surface area contributed by atoms with Crippen molar-refractivity contribution >= 4 is 18.3 Å². The molecule has 8 heteroatoms. The number of alkyl halides is 3. The third-order valence-electron chi connectivity index (χ3n) is 3.21. The number of carbonyl (C=O) groups excluding carboxylic acids is 1. The van der Waals surface area contributed by atoms with Crippen LogP contribution in [0.15, 0.2) is 30.3 Å². The van der Waals surface area contributed by atoms with Crippen LogP contribution in [0.3, 0.4) is 0 Å². The molecule has 2 unspecified atom stereocenters. The molecule has 0 aliphatic carbocycles. The Labute approximate surface area is 132 Å². The van der Waals surface area contributed by atoms with Crippen LogP contribution in [0.4, 0.5) is 13.2 Å². The van der Waals surface area contributed by atoms with Crippen molar-refractivity contribution in [2.45, 2.75) is 24.7 Å². The fourth-order valence-electron chi connectivity index (χ4n) is 2.10. The van der Waals surface area contributed by atoms with E-state index in [0.29, 0.717) is 18.7 Å². The third-order valence-corrected chi connectivity index (χ3v) is 3.21. The maximum absolute atomic E-state index is 13.1. The Bertz CT molecular complexity index is 465. The minimum atomic E-state index is -4.51. The van der Waals surface area contributed by atoms with Gasteiger partial charge in [-0.25, -0.2) is 0 Å². The molecule has 1 aliphatic rings. The molecule has 0 aromatic heterocycles. The lowest BCUT2D eigenvalue weighted by atomic mass is 10.1. The smallest absolute Gasteiger partial charge is 0.366 e. The van der Waals surface area contributed by atoms with Crippen LogP contribution in [-0.4, -0.2) is 43.9 Å². The van der Waals surface area contributed by atoms with E-state index in [0.717, 1.165) is 0 Å². The fraction of sp³-hybridized carbons (Fsp3) is 0.500. The first-order valence-electron chi connectivity index (χ1n) is 6.70. The molecular weight excluding hydrogens is 321 g/mol. The number of hydrogen-bond acceptors (Lipinski definition) is 3. The van der Waals surface area contributed by atoms with E-state index in [1.165, 1.54) is 0 Å². The zero-order chi connectivity index (χ0) is 15.3. The number of carbonyl (C=O) groups is 1. The average molecular weight is 339 g/mol. The summed E-state index contributed by atoms with van der Waals surface area (Å²) in [6.45, 7) is 1.13. The summed E-state index contributed by atoms with van der Waals surface area (Å²) < 4.78 is 44.3. The van der Waals surface area contributed by atoms with Crippen molar-refractivity contribution in [3.63, 3.8) is 0 Å². The first kappa shape index (κ1) is 18.7. The first-order chi connectivity index (χ1) is 9.97. The van der Waals surface area contributed by atoms with Gasteiger partial charge >= 0.3 is 6.18 Å². The minimum absolute atomic E-state index is 0. The summed E-state index contributed by atoms with van der Waals surface area (Å²) in [7, 11) is 0. The van der Waals surface area contributed by atoms with Crippen molar-refractivity contribution in [1.82, 2.24) is 10.6 Å². The quantitative estimate of drug-likeness (QED) is 0.878. The molecule has 0 radical (unpaired) electrons. The Morgan fingerprint density at radius 2 is 2.05 bits per heavy atom. The number of amides is 1. The molecule has 1 saturated heterocycles. The highest BCUT2D eigenvalue weighted by Gasteiger charge is 2.41. The van der Waals surface area contributed by atoms with E-state index < -0.39 is 24.2 Å². The van der Waals surface area contributed by atoms with Crippen molar-refractivity contribution < 1.29 is 22.7 Å². The van der Waals surface area contributed by atoms with Gasteiger partial charge in [-0.1, -0.05) is 30.3 Å². The molecule has 4 nitrogen and oxygen atoms in total. The average Bonchev–Trinajstić information content (AvgIpc) is 2.47. The Kier molecular flexibility index (Phi) is 7.12. The number of halogens is 4. The zero-order valence-corrected chi connectivity index (χ0v) is 12.5. The minimum Gasteiger partial charge on any atom is -0.366 e. The van der Waals surface area contributed by atoms with Gasteiger partial charge in [0, 0.05) is 19.5 Å². The standard InChI is InChI=1S/C14H17F3N2O2.ClH/c15-14(16,17)12(8-10-4-2-1-3-5-10)19-13(20)11-9-18-6-7-21-11;/h1-5,11-12,18H,6-9H2,(H,19,20);1H. The number of hydrogen-bond donors (Lipinski definition) is 2. The number of ether oxygens (including phenoxy) is 1. The molecule has 1 amide bonds. The third kappa shape index (κ3) is 5.47. The predicted octanol–water partition coefficient (Wildman–Crippen LogP) is 1.69. The number of rotatable bonds is 4. The van der Waals surface area contributed by atoms with Crippen LogP contribution in [0.5, 0.6) is 0 Å². The number of benzene rings is 1. The molecule has 0 bridgehead atoms. The van der Waals surface area contributed by atoms with Gasteiger partial charge < -0.3 is 15.4 Å². The predicted molar refractivity (Wildman–Crippen MR) is 78.0 cm³/mol. The highest BCUT2D eigenvalue weighted by Crippen LogP contribution is 2.23. The van der Waals surface area contributed by atoms with Crippen LogP contribution in [-0.2, 0) is 16.0 Å². The van der Waals surface area contributed by atoms with Gasteiger partial charge in [-0.15, -0.1) is 12.4 Å². The van der Waals surface area contributed by atoms with E-state index in [-0.39, 0.29) is 25.4 Å². The molecule has 2 N–H and O–H groups in total. The second-order valence-corrected chi connectivity index (χ2v) is 4.86. The number of morpholine rings is 1. The van der Waals surface area contributed by atoms with Gasteiger partial charge in [0.2, 0.25) is 0 Å². The number of nitrogens with one attached hydrogen (secondary N) is 2. The summed E-state index contributed by atoms with van der Waals surface area (Å²) in [5, 5.41) is 4.96. The van der Waals surface area contributed by atoms with Crippen molar-refractivity contribution in [2.24, 2.45) is 0 Å². The Morgan fingerprint density at radius 1 is 1.36 bits per heavy atom. The summed E-state index contributed by atoms with van der Waals surface area (Å²) >= 11 is 0. The SMILES string of the molecule is Cl.O=C(NC(Cc1ccccc1)C(F)(F)F)C1CNCCO1. The topological polar surface area (TPSA) is 50.4 Å². The van der Waals surface area contributed by atoms with Crippen LogP contribution in [0.1, 0.15) is 5.56 Å². The van der Waals surface area contributed by atoms with Gasteiger partial charge in [0.25, 0.3) is 5.91 Å². The van der Waals surface area contributed by atoms with Crippen molar-refractivity contribution in [2.75, 3.05) is 19.7 Å². The molecule has 22 heavy (non-hydrogen) atoms. The monoisotopic (exact) mass is 338 g/mol. The Balaban J connectivity index is 0.00000242. The molecule has 2 atom stereocenters. The van der Waals surface area contributed by atoms with Crippen LogP contribution in [0.25, 0.3) is 0 Å². The van der Waals surface area contributed by atoms with E-state index in [9.17, 15) is 18.0 Å². The van der Waals surface area contributed by atoms with E-state index in [4.69, 9.17) is 4.74 Å². The van der Waals surface area contributed by atoms with Crippen LogP contribution >= 0.6 is 12.4 Å². The summed E-state index contributed by atoms with van der Waals surface area (Å²) in [6.07, 6.45) is -5.68. The van der Waals surface area contributed by atoms with Gasteiger partial charge in [-0.2, -0.15) is 13.2 Å². The summed E-state index contributed by atoms with van der Waals surface area (Å²) in [5.41, 5.74) is 0.516. The molecule has 1 heterocycles. The van der Waals surface area contributed by atoms with Gasteiger partial charge in [0.1, 0.15) is 12.1 Å². The maximum Gasteiger partial charge on any atom is 0.408 e. The summed E-state index contributed by atoms with van der Waals surface area (Å²) in [6, 6.07) is 6.34. The van der Waals surface area contributed by atoms with E-state index in [1.54, 1.807) is 30.3 Å². The molecule has 0 spiro atoms. The van der Waals surface area contributed by atoms with E-state index in [1.807, 2.05) is 5.32 Å². The second kappa shape index (κ2) is 8.36. The highest BCUT2D eigenvalue weighted by atomic mass is 35.5. The van der Waals surface area contributed by atoms with Crippen LogP contribution in [0, 0.1) is 0 Å². The molecule has 2 rings (SSSR count). The van der Waals surface area contributed by atoms with Gasteiger partial charge in [0.15, 0.2) is 0 Å². The Hall–Kier alpha value is -1.31. The lowest BCUT2D eigenvalue weighted by molar-refractivity contribution is -0.165. The highest BCUT2D eigenvalue weighted by molar-refractivity contribution is 5.85.